The maximum Gasteiger partial charge on any atom is 0.243 e. The van der Waals surface area contributed by atoms with E-state index in [4.69, 9.17) is 10.5 Å². The molecule has 4 nitrogen and oxygen atoms in total. The van der Waals surface area contributed by atoms with E-state index in [0.29, 0.717) is 0 Å². The number of nitrogens with one attached hydrogen (secondary N) is 1. The average molecular weight is 323 g/mol. The van der Waals surface area contributed by atoms with E-state index in [0.717, 1.165) is 20.9 Å². The lowest BCUT2D eigenvalue weighted by molar-refractivity contribution is -0.118. The van der Waals surface area contributed by atoms with Crippen molar-refractivity contribution in [3.8, 4) is 0 Å². The molecular formula is C14H15BrN2O2. The minimum absolute atomic E-state index is 0.195. The highest BCUT2D eigenvalue weighted by Crippen LogP contribution is 2.29. The first-order valence-electron chi connectivity index (χ1n) is 5.86. The molecule has 0 spiro atoms. The number of nitrogens with two attached hydrogens (primary N) is 1. The fourth-order valence-corrected chi connectivity index (χ4v) is 2.33. The molecule has 1 atom stereocenters. The number of fused-ring (bicyclic) bond motifs is 1. The Hall–Kier alpha value is -1.43. The third-order valence-corrected chi connectivity index (χ3v) is 3.50. The Kier molecular flexibility index (Phi) is 4.52. The van der Waals surface area contributed by atoms with Gasteiger partial charge in [-0.15, -0.1) is 0 Å². The highest BCUT2D eigenvalue weighted by atomic mass is 79.9. The molecule has 0 aromatic heterocycles. The average Bonchev–Trinajstić information content (AvgIpc) is 2.42. The zero-order valence-corrected chi connectivity index (χ0v) is 12.1. The summed E-state index contributed by atoms with van der Waals surface area (Å²) >= 11 is 3.49. The second-order valence-corrected chi connectivity index (χ2v) is 5.05. The van der Waals surface area contributed by atoms with Crippen molar-refractivity contribution in [1.29, 1.82) is 0 Å². The number of rotatable bonds is 4. The van der Waals surface area contributed by atoms with E-state index >= 15 is 0 Å². The molecule has 1 unspecified atom stereocenters. The highest BCUT2D eigenvalue weighted by molar-refractivity contribution is 9.10. The molecule has 1 amide bonds. The first-order valence-corrected chi connectivity index (χ1v) is 6.65. The van der Waals surface area contributed by atoms with E-state index in [1.165, 1.54) is 7.11 Å². The van der Waals surface area contributed by atoms with Crippen molar-refractivity contribution in [2.45, 2.75) is 6.04 Å². The lowest BCUT2D eigenvalue weighted by Crippen LogP contribution is -2.39. The molecule has 2 rings (SSSR count). The van der Waals surface area contributed by atoms with Crippen LogP contribution in [-0.2, 0) is 9.53 Å². The number of hydrogen-bond acceptors (Lipinski definition) is 3. The van der Waals surface area contributed by atoms with Gasteiger partial charge in [0.1, 0.15) is 6.04 Å². The second kappa shape index (κ2) is 6.14. The number of methoxy groups -OCH3 is 1. The van der Waals surface area contributed by atoms with Crippen molar-refractivity contribution in [1.82, 2.24) is 0 Å². The van der Waals surface area contributed by atoms with Gasteiger partial charge in [-0.05, 0) is 17.5 Å². The van der Waals surface area contributed by atoms with Gasteiger partial charge in [0.2, 0.25) is 5.91 Å². The lowest BCUT2D eigenvalue weighted by atomic mass is 10.1. The summed E-state index contributed by atoms with van der Waals surface area (Å²) in [4.78, 5) is 11.9. The summed E-state index contributed by atoms with van der Waals surface area (Å²) in [5, 5.41) is 4.84. The molecule has 0 aliphatic rings. The number of carbonyl (C=O) groups excluding carboxylic acids is 1. The summed E-state index contributed by atoms with van der Waals surface area (Å²) < 4.78 is 5.86. The molecule has 100 valence electrons. The number of amides is 1. The van der Waals surface area contributed by atoms with Crippen LogP contribution in [0.4, 0.5) is 5.69 Å². The monoisotopic (exact) mass is 322 g/mol. The minimum atomic E-state index is -0.674. The fourth-order valence-electron chi connectivity index (χ4n) is 1.85. The predicted molar refractivity (Wildman–Crippen MR) is 80.1 cm³/mol. The molecule has 2 aromatic rings. The van der Waals surface area contributed by atoms with Crippen LogP contribution < -0.4 is 11.1 Å². The Morgan fingerprint density at radius 1 is 1.32 bits per heavy atom. The van der Waals surface area contributed by atoms with E-state index in [9.17, 15) is 4.79 Å². The van der Waals surface area contributed by atoms with Gasteiger partial charge >= 0.3 is 0 Å². The van der Waals surface area contributed by atoms with E-state index in [1.807, 2.05) is 36.4 Å². The van der Waals surface area contributed by atoms with Gasteiger partial charge in [0.15, 0.2) is 0 Å². The molecule has 0 radical (unpaired) electrons. The molecule has 0 saturated heterocycles. The largest absolute Gasteiger partial charge is 0.383 e. The van der Waals surface area contributed by atoms with E-state index in [2.05, 4.69) is 21.2 Å². The van der Waals surface area contributed by atoms with Crippen LogP contribution in [0.2, 0.25) is 0 Å². The minimum Gasteiger partial charge on any atom is -0.383 e. The number of hydrogen-bond donors (Lipinski definition) is 2. The maximum absolute atomic E-state index is 11.9. The van der Waals surface area contributed by atoms with Gasteiger partial charge in [-0.3, -0.25) is 4.79 Å². The van der Waals surface area contributed by atoms with Gasteiger partial charge in [-0.2, -0.15) is 0 Å². The Morgan fingerprint density at radius 3 is 2.68 bits per heavy atom. The van der Waals surface area contributed by atoms with Crippen molar-refractivity contribution in [3.05, 3.63) is 40.9 Å². The van der Waals surface area contributed by atoms with Gasteiger partial charge in [-0.1, -0.05) is 40.2 Å². The number of carbonyl (C=O) groups is 1. The van der Waals surface area contributed by atoms with Crippen molar-refractivity contribution in [2.24, 2.45) is 5.73 Å². The Labute approximate surface area is 120 Å². The SMILES string of the molecule is COCC(N)C(=O)Nc1ccc(Br)c2ccccc12. The third-order valence-electron chi connectivity index (χ3n) is 2.81. The van der Waals surface area contributed by atoms with Crippen LogP contribution in [0.25, 0.3) is 10.8 Å². The van der Waals surface area contributed by atoms with Crippen molar-refractivity contribution in [3.63, 3.8) is 0 Å². The summed E-state index contributed by atoms with van der Waals surface area (Å²) in [5.41, 5.74) is 6.45. The number of halogens is 1. The van der Waals surface area contributed by atoms with Crippen LogP contribution in [0.3, 0.4) is 0 Å². The number of ether oxygens (including phenoxy) is 1. The van der Waals surface area contributed by atoms with Crippen LogP contribution in [0.1, 0.15) is 0 Å². The maximum atomic E-state index is 11.9. The molecule has 0 heterocycles. The van der Waals surface area contributed by atoms with Gasteiger partial charge in [0.25, 0.3) is 0 Å². The molecule has 0 aliphatic carbocycles. The van der Waals surface area contributed by atoms with Crippen molar-refractivity contribution in [2.75, 3.05) is 19.0 Å². The van der Waals surface area contributed by atoms with Crippen molar-refractivity contribution >= 4 is 38.3 Å². The third kappa shape index (κ3) is 3.12. The Bertz CT molecular complexity index is 601. The van der Waals surface area contributed by atoms with Gasteiger partial charge < -0.3 is 15.8 Å². The van der Waals surface area contributed by atoms with Crippen molar-refractivity contribution < 1.29 is 9.53 Å². The van der Waals surface area contributed by atoms with E-state index in [1.54, 1.807) is 0 Å². The zero-order valence-electron chi connectivity index (χ0n) is 10.5. The topological polar surface area (TPSA) is 64.3 Å². The summed E-state index contributed by atoms with van der Waals surface area (Å²) in [6, 6.07) is 10.9. The Balaban J connectivity index is 2.31. The van der Waals surface area contributed by atoms with Gasteiger partial charge in [-0.25, -0.2) is 0 Å². The van der Waals surface area contributed by atoms with Crippen LogP contribution >= 0.6 is 15.9 Å². The first-order chi connectivity index (χ1) is 9.13. The molecule has 0 fully saturated rings. The molecule has 0 aliphatic heterocycles. The smallest absolute Gasteiger partial charge is 0.243 e. The van der Waals surface area contributed by atoms with E-state index in [-0.39, 0.29) is 12.5 Å². The van der Waals surface area contributed by atoms with Crippen LogP contribution in [0, 0.1) is 0 Å². The summed E-state index contributed by atoms with van der Waals surface area (Å²) in [5.74, 6) is -0.255. The fraction of sp³-hybridized carbons (Fsp3) is 0.214. The molecule has 5 heteroatoms. The number of benzene rings is 2. The molecule has 19 heavy (non-hydrogen) atoms. The van der Waals surface area contributed by atoms with Crippen LogP contribution in [-0.4, -0.2) is 25.7 Å². The molecule has 2 aromatic carbocycles. The standard InChI is InChI=1S/C14H15BrN2O2/c1-19-8-12(16)14(18)17-13-7-6-11(15)9-4-2-3-5-10(9)13/h2-7,12H,8,16H2,1H3,(H,17,18). The quantitative estimate of drug-likeness (QED) is 0.909. The molecular weight excluding hydrogens is 308 g/mol. The molecule has 3 N–H and O–H groups in total. The van der Waals surface area contributed by atoms with Crippen LogP contribution in [0.15, 0.2) is 40.9 Å². The summed E-state index contributed by atoms with van der Waals surface area (Å²) in [6.07, 6.45) is 0. The zero-order chi connectivity index (χ0) is 13.8. The predicted octanol–water partition coefficient (Wildman–Crippen LogP) is 2.51. The lowest BCUT2D eigenvalue weighted by Gasteiger charge is -2.13. The molecule has 0 bridgehead atoms. The van der Waals surface area contributed by atoms with Crippen LogP contribution in [0.5, 0.6) is 0 Å². The molecule has 0 saturated carbocycles. The summed E-state index contributed by atoms with van der Waals surface area (Å²) in [7, 11) is 1.52. The Morgan fingerprint density at radius 2 is 2.00 bits per heavy atom. The van der Waals surface area contributed by atoms with Gasteiger partial charge in [0, 0.05) is 22.7 Å². The van der Waals surface area contributed by atoms with Gasteiger partial charge in [0.05, 0.1) is 6.61 Å². The summed E-state index contributed by atoms with van der Waals surface area (Å²) in [6.45, 7) is 0.195. The number of anilines is 1. The normalized spacial score (nSPS) is 12.4. The second-order valence-electron chi connectivity index (χ2n) is 4.19. The first kappa shape index (κ1) is 14.0. The van der Waals surface area contributed by atoms with E-state index < -0.39 is 6.04 Å². The highest BCUT2D eigenvalue weighted by Gasteiger charge is 2.14.